The summed E-state index contributed by atoms with van der Waals surface area (Å²) in [4.78, 5) is 16.4. The molecule has 0 aliphatic rings. The van der Waals surface area contributed by atoms with Gasteiger partial charge in [-0.1, -0.05) is 26.0 Å². The maximum atomic E-state index is 12.2. The van der Waals surface area contributed by atoms with E-state index < -0.39 is 5.54 Å². The predicted molar refractivity (Wildman–Crippen MR) is 90.1 cm³/mol. The molecular formula is C16H21N3O2S. The molecule has 1 heterocycles. The first-order valence-electron chi connectivity index (χ1n) is 7.32. The van der Waals surface area contributed by atoms with Gasteiger partial charge in [-0.3, -0.25) is 0 Å². The Bertz CT molecular complexity index is 601. The van der Waals surface area contributed by atoms with E-state index in [1.54, 1.807) is 17.5 Å². The summed E-state index contributed by atoms with van der Waals surface area (Å²) in [5, 5.41) is 18.0. The minimum absolute atomic E-state index is 0.0768. The Hall–Kier alpha value is -1.92. The summed E-state index contributed by atoms with van der Waals surface area (Å²) in [5.41, 5.74) is 1.09. The maximum Gasteiger partial charge on any atom is 0.319 e. The highest BCUT2D eigenvalue weighted by atomic mass is 32.1. The fourth-order valence-electron chi connectivity index (χ4n) is 2.19. The van der Waals surface area contributed by atoms with Crippen molar-refractivity contribution in [3.63, 3.8) is 0 Å². The molecule has 3 N–H and O–H groups in total. The fraction of sp³-hybridized carbons (Fsp3) is 0.375. The average molecular weight is 319 g/mol. The van der Waals surface area contributed by atoms with Crippen molar-refractivity contribution in [3.8, 4) is 10.6 Å². The highest BCUT2D eigenvalue weighted by Gasteiger charge is 2.27. The molecule has 1 aromatic heterocycles. The van der Waals surface area contributed by atoms with E-state index in [1.165, 1.54) is 0 Å². The smallest absolute Gasteiger partial charge is 0.319 e. The number of carbonyl (C=O) groups excluding carboxylic acids is 1. The molecule has 0 bridgehead atoms. The van der Waals surface area contributed by atoms with E-state index in [1.807, 2.05) is 43.5 Å². The Kier molecular flexibility index (Phi) is 5.51. The zero-order valence-corrected chi connectivity index (χ0v) is 13.6. The molecule has 0 fully saturated rings. The van der Waals surface area contributed by atoms with Crippen molar-refractivity contribution < 1.29 is 9.90 Å². The zero-order valence-electron chi connectivity index (χ0n) is 12.8. The summed E-state index contributed by atoms with van der Waals surface area (Å²) in [6.45, 7) is 3.82. The Balaban J connectivity index is 2.07. The van der Waals surface area contributed by atoms with Gasteiger partial charge in [0.25, 0.3) is 0 Å². The molecule has 0 saturated carbocycles. The molecule has 0 radical (unpaired) electrons. The Morgan fingerprint density at radius 1 is 1.36 bits per heavy atom. The summed E-state index contributed by atoms with van der Waals surface area (Å²) in [7, 11) is 0. The number of aliphatic hydroxyl groups is 1. The van der Waals surface area contributed by atoms with Gasteiger partial charge in [0.15, 0.2) is 0 Å². The molecular weight excluding hydrogens is 298 g/mol. The number of anilines is 1. The lowest BCUT2D eigenvalue weighted by molar-refractivity contribution is 0.155. The number of benzene rings is 1. The topological polar surface area (TPSA) is 74.2 Å². The van der Waals surface area contributed by atoms with E-state index in [0.717, 1.165) is 10.6 Å². The SMILES string of the molecule is CCC(CC)(CO)NC(=O)Nc1cccc(-c2nccs2)c1. The lowest BCUT2D eigenvalue weighted by Crippen LogP contribution is -2.52. The fourth-order valence-corrected chi connectivity index (χ4v) is 2.82. The molecule has 0 aliphatic heterocycles. The molecule has 1 aromatic carbocycles. The van der Waals surface area contributed by atoms with Crippen LogP contribution in [0.2, 0.25) is 0 Å². The summed E-state index contributed by atoms with van der Waals surface area (Å²) in [6.07, 6.45) is 3.10. The van der Waals surface area contributed by atoms with E-state index in [9.17, 15) is 9.90 Å². The second-order valence-corrected chi connectivity index (χ2v) is 6.04. The Morgan fingerprint density at radius 2 is 2.14 bits per heavy atom. The first-order chi connectivity index (χ1) is 10.6. The number of nitrogens with zero attached hydrogens (tertiary/aromatic N) is 1. The van der Waals surface area contributed by atoms with Crippen LogP contribution in [0.15, 0.2) is 35.8 Å². The van der Waals surface area contributed by atoms with Crippen molar-refractivity contribution in [1.29, 1.82) is 0 Å². The molecule has 0 aliphatic carbocycles. The third kappa shape index (κ3) is 3.84. The van der Waals surface area contributed by atoms with Crippen LogP contribution in [0.25, 0.3) is 10.6 Å². The molecule has 118 valence electrons. The number of amides is 2. The molecule has 0 saturated heterocycles. The summed E-state index contributed by atoms with van der Waals surface area (Å²) in [6, 6.07) is 7.24. The number of aromatic nitrogens is 1. The van der Waals surface area contributed by atoms with E-state index in [2.05, 4.69) is 15.6 Å². The number of carbonyl (C=O) groups is 1. The van der Waals surface area contributed by atoms with Crippen LogP contribution in [0.1, 0.15) is 26.7 Å². The number of rotatable bonds is 6. The van der Waals surface area contributed by atoms with Crippen LogP contribution >= 0.6 is 11.3 Å². The summed E-state index contributed by atoms with van der Waals surface area (Å²) in [5.74, 6) is 0. The first-order valence-corrected chi connectivity index (χ1v) is 8.20. The van der Waals surface area contributed by atoms with Crippen LogP contribution in [0.4, 0.5) is 10.5 Å². The van der Waals surface area contributed by atoms with Gasteiger partial charge >= 0.3 is 6.03 Å². The number of hydrogen-bond donors (Lipinski definition) is 3. The van der Waals surface area contributed by atoms with E-state index in [4.69, 9.17) is 0 Å². The van der Waals surface area contributed by atoms with Gasteiger partial charge in [-0.05, 0) is 25.0 Å². The Morgan fingerprint density at radius 3 is 2.73 bits per heavy atom. The number of hydrogen-bond acceptors (Lipinski definition) is 4. The molecule has 2 aromatic rings. The molecule has 0 unspecified atom stereocenters. The van der Waals surface area contributed by atoms with Crippen molar-refractivity contribution in [2.24, 2.45) is 0 Å². The van der Waals surface area contributed by atoms with Gasteiger partial charge in [-0.15, -0.1) is 11.3 Å². The quantitative estimate of drug-likeness (QED) is 0.763. The van der Waals surface area contributed by atoms with Crippen molar-refractivity contribution >= 4 is 23.1 Å². The number of nitrogens with one attached hydrogen (secondary N) is 2. The van der Waals surface area contributed by atoms with E-state index >= 15 is 0 Å². The van der Waals surface area contributed by atoms with Crippen LogP contribution < -0.4 is 10.6 Å². The van der Waals surface area contributed by atoms with Crippen molar-refractivity contribution in [1.82, 2.24) is 10.3 Å². The lowest BCUT2D eigenvalue weighted by Gasteiger charge is -2.30. The minimum Gasteiger partial charge on any atom is -0.394 e. The number of thiazole rings is 1. The van der Waals surface area contributed by atoms with Gasteiger partial charge in [0.05, 0.1) is 12.1 Å². The van der Waals surface area contributed by atoms with Crippen molar-refractivity contribution in [3.05, 3.63) is 35.8 Å². The van der Waals surface area contributed by atoms with Crippen molar-refractivity contribution in [2.75, 3.05) is 11.9 Å². The Labute approximate surface area is 134 Å². The van der Waals surface area contributed by atoms with Gasteiger partial charge in [0.2, 0.25) is 0 Å². The van der Waals surface area contributed by atoms with Crippen LogP contribution in [-0.4, -0.2) is 28.3 Å². The van der Waals surface area contributed by atoms with Crippen LogP contribution in [0.5, 0.6) is 0 Å². The predicted octanol–water partition coefficient (Wildman–Crippen LogP) is 3.48. The maximum absolute atomic E-state index is 12.2. The molecule has 22 heavy (non-hydrogen) atoms. The minimum atomic E-state index is -0.572. The molecule has 0 atom stereocenters. The molecule has 6 heteroatoms. The van der Waals surface area contributed by atoms with Crippen LogP contribution in [0.3, 0.4) is 0 Å². The summed E-state index contributed by atoms with van der Waals surface area (Å²) >= 11 is 1.55. The van der Waals surface area contributed by atoms with Crippen molar-refractivity contribution in [2.45, 2.75) is 32.2 Å². The monoisotopic (exact) mass is 319 g/mol. The zero-order chi connectivity index (χ0) is 16.0. The normalized spacial score (nSPS) is 11.2. The summed E-state index contributed by atoms with van der Waals surface area (Å²) < 4.78 is 0. The number of urea groups is 1. The molecule has 5 nitrogen and oxygen atoms in total. The third-order valence-corrected chi connectivity index (χ3v) is 4.66. The highest BCUT2D eigenvalue weighted by Crippen LogP contribution is 2.24. The average Bonchev–Trinajstić information content (AvgIpc) is 3.07. The van der Waals surface area contributed by atoms with E-state index in [-0.39, 0.29) is 12.6 Å². The largest absolute Gasteiger partial charge is 0.394 e. The van der Waals surface area contributed by atoms with Gasteiger partial charge in [-0.25, -0.2) is 9.78 Å². The molecule has 0 spiro atoms. The van der Waals surface area contributed by atoms with Crippen LogP contribution in [-0.2, 0) is 0 Å². The van der Waals surface area contributed by atoms with Gasteiger partial charge < -0.3 is 15.7 Å². The van der Waals surface area contributed by atoms with E-state index in [0.29, 0.717) is 18.5 Å². The van der Waals surface area contributed by atoms with Gasteiger partial charge in [0, 0.05) is 22.8 Å². The second-order valence-electron chi connectivity index (χ2n) is 5.14. The molecule has 2 amide bonds. The third-order valence-electron chi connectivity index (χ3n) is 3.83. The van der Waals surface area contributed by atoms with Gasteiger partial charge in [0.1, 0.15) is 5.01 Å². The van der Waals surface area contributed by atoms with Crippen LogP contribution in [0, 0.1) is 0 Å². The standard InChI is InChI=1S/C16H21N3O2S/c1-3-16(4-2,11-20)19-15(21)18-13-7-5-6-12(10-13)14-17-8-9-22-14/h5-10,20H,3-4,11H2,1-2H3,(H2,18,19,21). The first kappa shape index (κ1) is 16.5. The number of aliphatic hydroxyl groups excluding tert-OH is 1. The second kappa shape index (κ2) is 7.38. The molecule has 2 rings (SSSR count). The van der Waals surface area contributed by atoms with Gasteiger partial charge in [-0.2, -0.15) is 0 Å². The highest BCUT2D eigenvalue weighted by molar-refractivity contribution is 7.13. The lowest BCUT2D eigenvalue weighted by atomic mass is 9.94.